The Morgan fingerprint density at radius 1 is 0.318 bits per heavy atom. The minimum Gasteiger partial charge on any atom is -0.462 e. The molecule has 0 N–H and O–H groups in total. The quantitative estimate of drug-likeness (QED) is 0.0262. The van der Waals surface area contributed by atoms with Crippen LogP contribution in [-0.2, 0) is 28.6 Å². The van der Waals surface area contributed by atoms with E-state index >= 15 is 0 Å². The Morgan fingerprint density at radius 3 is 0.924 bits per heavy atom. The van der Waals surface area contributed by atoms with Gasteiger partial charge in [0.1, 0.15) is 13.2 Å². The summed E-state index contributed by atoms with van der Waals surface area (Å²) < 4.78 is 16.8. The van der Waals surface area contributed by atoms with Crippen LogP contribution in [0.1, 0.15) is 245 Å². The first-order valence-electron chi connectivity index (χ1n) is 27.2. The number of carbonyl (C=O) groups excluding carboxylic acids is 3. The van der Waals surface area contributed by atoms with Crippen LogP contribution in [0.5, 0.6) is 0 Å². The number of ether oxygens (including phenoxy) is 3. The fraction of sp³-hybridized carbons (Fsp3) is 0.683. The van der Waals surface area contributed by atoms with Crippen LogP contribution in [0.15, 0.2) is 97.2 Å². The zero-order chi connectivity index (χ0) is 47.9. The van der Waals surface area contributed by atoms with Crippen molar-refractivity contribution in [2.45, 2.75) is 252 Å². The van der Waals surface area contributed by atoms with E-state index < -0.39 is 6.10 Å². The van der Waals surface area contributed by atoms with Gasteiger partial charge in [0.25, 0.3) is 0 Å². The van der Waals surface area contributed by atoms with Crippen molar-refractivity contribution in [1.29, 1.82) is 0 Å². The molecule has 0 bridgehead atoms. The number of hydrogen-bond acceptors (Lipinski definition) is 6. The second-order valence-electron chi connectivity index (χ2n) is 17.7. The van der Waals surface area contributed by atoms with Crippen LogP contribution in [0, 0.1) is 0 Å². The minimum absolute atomic E-state index is 0.0858. The summed E-state index contributed by atoms with van der Waals surface area (Å²) in [6.45, 7) is 6.36. The van der Waals surface area contributed by atoms with Gasteiger partial charge in [0, 0.05) is 19.3 Å². The lowest BCUT2D eigenvalue weighted by Crippen LogP contribution is -2.30. The van der Waals surface area contributed by atoms with Crippen LogP contribution in [0.25, 0.3) is 0 Å². The third kappa shape index (κ3) is 51.3. The van der Waals surface area contributed by atoms with Crippen LogP contribution < -0.4 is 0 Å². The molecule has 6 nitrogen and oxygen atoms in total. The van der Waals surface area contributed by atoms with E-state index in [2.05, 4.69) is 118 Å². The molecule has 0 fully saturated rings. The number of unbranched alkanes of at least 4 members (excludes halogenated alkanes) is 21. The maximum Gasteiger partial charge on any atom is 0.306 e. The topological polar surface area (TPSA) is 78.9 Å². The highest BCUT2D eigenvalue weighted by atomic mass is 16.6. The summed E-state index contributed by atoms with van der Waals surface area (Å²) >= 11 is 0. The average molecular weight is 917 g/mol. The van der Waals surface area contributed by atoms with Crippen molar-refractivity contribution in [2.24, 2.45) is 0 Å². The molecule has 0 aliphatic heterocycles. The molecule has 0 saturated heterocycles. The average Bonchev–Trinajstić information content (AvgIpc) is 3.31. The van der Waals surface area contributed by atoms with Crippen LogP contribution in [0.2, 0.25) is 0 Å². The Balaban J connectivity index is 4.25. The van der Waals surface area contributed by atoms with Gasteiger partial charge in [-0.2, -0.15) is 0 Å². The molecular formula is C60H100O6. The van der Waals surface area contributed by atoms with Crippen molar-refractivity contribution >= 4 is 17.9 Å². The highest BCUT2D eigenvalue weighted by Gasteiger charge is 2.19. The summed E-state index contributed by atoms with van der Waals surface area (Å²) in [5.74, 6) is -0.914. The molecule has 0 heterocycles. The van der Waals surface area contributed by atoms with Gasteiger partial charge in [-0.3, -0.25) is 14.4 Å². The summed E-state index contributed by atoms with van der Waals surface area (Å²) in [6.07, 6.45) is 71.2. The molecule has 1 atom stereocenters. The molecule has 0 aliphatic rings. The molecule has 0 spiro atoms. The molecule has 0 aromatic heterocycles. The molecule has 376 valence electrons. The number of carbonyl (C=O) groups is 3. The molecular weight excluding hydrogens is 817 g/mol. The molecule has 0 aliphatic carbocycles. The Morgan fingerprint density at radius 2 is 0.591 bits per heavy atom. The first-order valence-corrected chi connectivity index (χ1v) is 27.2. The van der Waals surface area contributed by atoms with Crippen molar-refractivity contribution in [3.05, 3.63) is 97.2 Å². The summed E-state index contributed by atoms with van der Waals surface area (Å²) in [6, 6.07) is 0. The normalized spacial score (nSPS) is 12.8. The second-order valence-corrected chi connectivity index (χ2v) is 17.7. The van der Waals surface area contributed by atoms with E-state index in [0.717, 1.165) is 135 Å². The van der Waals surface area contributed by atoms with E-state index in [1.807, 2.05) is 0 Å². The third-order valence-electron chi connectivity index (χ3n) is 11.3. The zero-order valence-corrected chi connectivity index (χ0v) is 42.9. The van der Waals surface area contributed by atoms with Crippen LogP contribution >= 0.6 is 0 Å². The SMILES string of the molecule is CC/C=C\C/C=C\C/C=C\C/C=C\C/C=C\CCCCCCCCCCCC(=O)OCC(COC(=O)CCCCCCCCCC)OC(=O)CCCCCCC/C=C\C/C=C\C/C=C\CC. The fourth-order valence-electron chi connectivity index (χ4n) is 7.31. The Kier molecular flexibility index (Phi) is 50.9. The van der Waals surface area contributed by atoms with E-state index in [1.165, 1.54) is 70.6 Å². The predicted octanol–water partition coefficient (Wildman–Crippen LogP) is 18.1. The lowest BCUT2D eigenvalue weighted by Gasteiger charge is -2.18. The smallest absolute Gasteiger partial charge is 0.306 e. The minimum atomic E-state index is -0.787. The van der Waals surface area contributed by atoms with Crippen molar-refractivity contribution < 1.29 is 28.6 Å². The molecule has 0 radical (unpaired) electrons. The Hall–Kier alpha value is -3.67. The molecule has 1 unspecified atom stereocenters. The summed E-state index contributed by atoms with van der Waals surface area (Å²) in [4.78, 5) is 37.9. The summed E-state index contributed by atoms with van der Waals surface area (Å²) in [7, 11) is 0. The van der Waals surface area contributed by atoms with Crippen molar-refractivity contribution in [3.63, 3.8) is 0 Å². The second kappa shape index (κ2) is 53.9. The Bertz CT molecular complexity index is 1330. The summed E-state index contributed by atoms with van der Waals surface area (Å²) in [5, 5.41) is 0. The van der Waals surface area contributed by atoms with E-state index in [0.29, 0.717) is 19.3 Å². The van der Waals surface area contributed by atoms with Gasteiger partial charge in [-0.15, -0.1) is 0 Å². The first kappa shape index (κ1) is 62.3. The number of esters is 3. The predicted molar refractivity (Wildman–Crippen MR) is 284 cm³/mol. The lowest BCUT2D eigenvalue weighted by atomic mass is 10.1. The van der Waals surface area contributed by atoms with Gasteiger partial charge in [-0.05, 0) is 96.3 Å². The van der Waals surface area contributed by atoms with Gasteiger partial charge >= 0.3 is 17.9 Å². The van der Waals surface area contributed by atoms with Crippen molar-refractivity contribution in [3.8, 4) is 0 Å². The van der Waals surface area contributed by atoms with Crippen LogP contribution in [0.3, 0.4) is 0 Å². The number of hydrogen-bond donors (Lipinski definition) is 0. The molecule has 0 rings (SSSR count). The molecule has 6 heteroatoms. The van der Waals surface area contributed by atoms with Gasteiger partial charge in [0.15, 0.2) is 6.10 Å². The first-order chi connectivity index (χ1) is 32.5. The maximum absolute atomic E-state index is 12.8. The maximum atomic E-state index is 12.8. The summed E-state index contributed by atoms with van der Waals surface area (Å²) in [5.41, 5.74) is 0. The lowest BCUT2D eigenvalue weighted by molar-refractivity contribution is -0.167. The molecule has 0 aromatic rings. The van der Waals surface area contributed by atoms with Crippen molar-refractivity contribution in [2.75, 3.05) is 13.2 Å². The monoisotopic (exact) mass is 917 g/mol. The van der Waals surface area contributed by atoms with Gasteiger partial charge < -0.3 is 14.2 Å². The van der Waals surface area contributed by atoms with E-state index in [4.69, 9.17) is 14.2 Å². The molecule has 0 saturated carbocycles. The zero-order valence-electron chi connectivity index (χ0n) is 42.9. The Labute approximate surface area is 407 Å². The van der Waals surface area contributed by atoms with Crippen LogP contribution in [-0.4, -0.2) is 37.2 Å². The fourth-order valence-corrected chi connectivity index (χ4v) is 7.31. The highest BCUT2D eigenvalue weighted by Crippen LogP contribution is 2.14. The van der Waals surface area contributed by atoms with Crippen molar-refractivity contribution in [1.82, 2.24) is 0 Å². The van der Waals surface area contributed by atoms with E-state index in [9.17, 15) is 14.4 Å². The largest absolute Gasteiger partial charge is 0.462 e. The number of allylic oxidation sites excluding steroid dienone is 16. The standard InChI is InChI=1S/C60H100O6/c1-4-7-10-13-16-19-21-23-25-26-27-28-29-30-31-32-33-34-36-37-39-41-44-47-50-53-59(62)65-56-57(55-64-58(61)52-49-46-43-18-15-12-9-6-3)66-60(63)54-51-48-45-42-40-38-35-24-22-20-17-14-11-8-5-2/h7-8,10-11,16-17,19-20,23-25,27-28,30-31,35,57H,4-6,9,12-15,18,21-22,26,29,32-34,36-56H2,1-3H3/b10-7-,11-8-,19-16-,20-17-,25-23-,28-27-,31-30-,35-24-. The number of rotatable bonds is 48. The van der Waals surface area contributed by atoms with Gasteiger partial charge in [0.05, 0.1) is 0 Å². The van der Waals surface area contributed by atoms with Crippen LogP contribution in [0.4, 0.5) is 0 Å². The third-order valence-corrected chi connectivity index (χ3v) is 11.3. The van der Waals surface area contributed by atoms with E-state index in [1.54, 1.807) is 0 Å². The molecule has 66 heavy (non-hydrogen) atoms. The van der Waals surface area contributed by atoms with Gasteiger partial charge in [0.2, 0.25) is 0 Å². The highest BCUT2D eigenvalue weighted by molar-refractivity contribution is 5.71. The molecule has 0 amide bonds. The van der Waals surface area contributed by atoms with Gasteiger partial charge in [-0.25, -0.2) is 0 Å². The van der Waals surface area contributed by atoms with Gasteiger partial charge in [-0.1, -0.05) is 227 Å². The molecule has 0 aromatic carbocycles. The van der Waals surface area contributed by atoms with E-state index in [-0.39, 0.29) is 31.1 Å².